The minimum absolute atomic E-state index is 0.0693. The Morgan fingerprint density at radius 1 is 1.10 bits per heavy atom. The molecule has 2 aromatic carbocycles. The van der Waals surface area contributed by atoms with Crippen molar-refractivity contribution in [2.45, 2.75) is 25.9 Å². The van der Waals surface area contributed by atoms with Crippen molar-refractivity contribution in [1.29, 1.82) is 0 Å². The van der Waals surface area contributed by atoms with Crippen LogP contribution in [0.5, 0.6) is 0 Å². The molecule has 2 nitrogen and oxygen atoms in total. The predicted molar refractivity (Wildman–Crippen MR) is 93.2 cm³/mol. The predicted octanol–water partition coefficient (Wildman–Crippen LogP) is 4.28. The number of halogens is 1. The maximum Gasteiger partial charge on any atom is 0.0318 e. The van der Waals surface area contributed by atoms with E-state index in [1.54, 1.807) is 0 Å². The van der Waals surface area contributed by atoms with E-state index in [1.165, 1.54) is 16.7 Å². The van der Waals surface area contributed by atoms with Crippen LogP contribution in [0.4, 0.5) is 0 Å². The Hall–Kier alpha value is -1.16. The number of rotatable bonds is 6. The van der Waals surface area contributed by atoms with Gasteiger partial charge in [-0.3, -0.25) is 0 Å². The molecular weight excluding hydrogens is 324 g/mol. The molecule has 112 valence electrons. The SMILES string of the molecule is Cc1ccccc1CN(C)CCC(N)c1ccccc1Br. The highest BCUT2D eigenvalue weighted by molar-refractivity contribution is 9.10. The summed E-state index contributed by atoms with van der Waals surface area (Å²) >= 11 is 3.57. The lowest BCUT2D eigenvalue weighted by molar-refractivity contribution is 0.311. The Balaban J connectivity index is 1.88. The maximum absolute atomic E-state index is 6.31. The molecule has 0 aromatic heterocycles. The first-order valence-corrected chi connectivity index (χ1v) is 8.10. The molecule has 0 spiro atoms. The summed E-state index contributed by atoms with van der Waals surface area (Å²) in [7, 11) is 2.15. The zero-order chi connectivity index (χ0) is 15.2. The highest BCUT2D eigenvalue weighted by Crippen LogP contribution is 2.23. The van der Waals surface area contributed by atoms with Gasteiger partial charge in [0.25, 0.3) is 0 Å². The molecule has 0 aliphatic rings. The van der Waals surface area contributed by atoms with Crippen LogP contribution in [0.25, 0.3) is 0 Å². The van der Waals surface area contributed by atoms with E-state index < -0.39 is 0 Å². The Morgan fingerprint density at radius 2 is 1.76 bits per heavy atom. The van der Waals surface area contributed by atoms with Gasteiger partial charge in [-0.15, -0.1) is 0 Å². The lowest BCUT2D eigenvalue weighted by atomic mass is 10.0. The van der Waals surface area contributed by atoms with Crippen molar-refractivity contribution >= 4 is 15.9 Å². The van der Waals surface area contributed by atoms with Gasteiger partial charge >= 0.3 is 0 Å². The fraction of sp³-hybridized carbons (Fsp3) is 0.333. The van der Waals surface area contributed by atoms with Crippen molar-refractivity contribution < 1.29 is 0 Å². The van der Waals surface area contributed by atoms with Crippen molar-refractivity contribution in [2.75, 3.05) is 13.6 Å². The van der Waals surface area contributed by atoms with Crippen LogP contribution in [-0.2, 0) is 6.54 Å². The number of nitrogens with zero attached hydrogens (tertiary/aromatic N) is 1. The molecule has 2 rings (SSSR count). The van der Waals surface area contributed by atoms with Gasteiger partial charge in [0.15, 0.2) is 0 Å². The average molecular weight is 347 g/mol. The third-order valence-corrected chi connectivity index (χ3v) is 4.55. The number of hydrogen-bond donors (Lipinski definition) is 1. The molecule has 0 aliphatic heterocycles. The second-order valence-electron chi connectivity index (χ2n) is 5.58. The fourth-order valence-electron chi connectivity index (χ4n) is 2.45. The van der Waals surface area contributed by atoms with Crippen LogP contribution in [0.1, 0.15) is 29.2 Å². The van der Waals surface area contributed by atoms with Crippen LogP contribution in [0.3, 0.4) is 0 Å². The van der Waals surface area contributed by atoms with Crippen LogP contribution < -0.4 is 5.73 Å². The van der Waals surface area contributed by atoms with Crippen molar-refractivity contribution in [1.82, 2.24) is 4.90 Å². The molecule has 2 N–H and O–H groups in total. The van der Waals surface area contributed by atoms with Gasteiger partial charge in [0.2, 0.25) is 0 Å². The van der Waals surface area contributed by atoms with E-state index in [1.807, 2.05) is 18.2 Å². The zero-order valence-corrected chi connectivity index (χ0v) is 14.3. The van der Waals surface area contributed by atoms with Gasteiger partial charge in [-0.2, -0.15) is 0 Å². The molecule has 3 heteroatoms. The largest absolute Gasteiger partial charge is 0.324 e. The molecule has 2 aromatic rings. The van der Waals surface area contributed by atoms with E-state index >= 15 is 0 Å². The van der Waals surface area contributed by atoms with Crippen LogP contribution in [-0.4, -0.2) is 18.5 Å². The first-order chi connectivity index (χ1) is 10.1. The van der Waals surface area contributed by atoms with Gasteiger partial charge in [-0.1, -0.05) is 58.4 Å². The number of aryl methyl sites for hydroxylation is 1. The van der Waals surface area contributed by atoms with E-state index in [-0.39, 0.29) is 6.04 Å². The minimum atomic E-state index is 0.0693. The van der Waals surface area contributed by atoms with Gasteiger partial charge in [-0.25, -0.2) is 0 Å². The van der Waals surface area contributed by atoms with Gasteiger partial charge in [0.05, 0.1) is 0 Å². The van der Waals surface area contributed by atoms with Gasteiger partial charge in [-0.05, 0) is 49.7 Å². The fourth-order valence-corrected chi connectivity index (χ4v) is 3.03. The number of nitrogens with two attached hydrogens (primary N) is 1. The van der Waals surface area contributed by atoms with Gasteiger partial charge in [0.1, 0.15) is 0 Å². The van der Waals surface area contributed by atoms with Crippen molar-refractivity contribution in [2.24, 2.45) is 5.73 Å². The van der Waals surface area contributed by atoms with E-state index in [0.29, 0.717) is 0 Å². The Bertz CT molecular complexity index is 583. The maximum atomic E-state index is 6.31. The van der Waals surface area contributed by atoms with E-state index in [2.05, 4.69) is 65.1 Å². The van der Waals surface area contributed by atoms with Gasteiger partial charge < -0.3 is 10.6 Å². The summed E-state index contributed by atoms with van der Waals surface area (Å²) in [5.41, 5.74) is 10.2. The van der Waals surface area contributed by atoms with Gasteiger partial charge in [0, 0.05) is 17.1 Å². The van der Waals surface area contributed by atoms with Crippen molar-refractivity contribution in [3.05, 3.63) is 69.7 Å². The second kappa shape index (κ2) is 7.74. The Labute approximate surface area is 136 Å². The Kier molecular flexibility index (Phi) is 5.97. The molecular formula is C18H23BrN2. The first-order valence-electron chi connectivity index (χ1n) is 7.31. The minimum Gasteiger partial charge on any atom is -0.324 e. The second-order valence-corrected chi connectivity index (χ2v) is 6.44. The first kappa shape index (κ1) is 16.2. The molecule has 0 saturated carbocycles. The average Bonchev–Trinajstić information content (AvgIpc) is 2.48. The van der Waals surface area contributed by atoms with Crippen molar-refractivity contribution in [3.63, 3.8) is 0 Å². The molecule has 0 heterocycles. The van der Waals surface area contributed by atoms with Crippen LogP contribution in [0, 0.1) is 6.92 Å². The molecule has 0 radical (unpaired) electrons. The number of hydrogen-bond acceptors (Lipinski definition) is 2. The molecule has 0 fully saturated rings. The third-order valence-electron chi connectivity index (χ3n) is 3.83. The lowest BCUT2D eigenvalue weighted by Crippen LogP contribution is -2.24. The molecule has 0 aliphatic carbocycles. The molecule has 0 amide bonds. The summed E-state index contributed by atoms with van der Waals surface area (Å²) in [6, 6.07) is 16.8. The summed E-state index contributed by atoms with van der Waals surface area (Å²) in [4.78, 5) is 2.33. The standard InChI is InChI=1S/C18H23BrN2/c1-14-7-3-4-8-15(14)13-21(2)12-11-18(20)16-9-5-6-10-17(16)19/h3-10,18H,11-13,20H2,1-2H3. The summed E-state index contributed by atoms with van der Waals surface area (Å²) in [5, 5.41) is 0. The molecule has 21 heavy (non-hydrogen) atoms. The van der Waals surface area contributed by atoms with E-state index in [4.69, 9.17) is 5.73 Å². The lowest BCUT2D eigenvalue weighted by Gasteiger charge is -2.21. The highest BCUT2D eigenvalue weighted by Gasteiger charge is 2.11. The molecule has 1 unspecified atom stereocenters. The summed E-state index contributed by atoms with van der Waals surface area (Å²) < 4.78 is 1.10. The molecule has 0 saturated heterocycles. The monoisotopic (exact) mass is 346 g/mol. The quantitative estimate of drug-likeness (QED) is 0.845. The zero-order valence-electron chi connectivity index (χ0n) is 12.7. The summed E-state index contributed by atoms with van der Waals surface area (Å²) in [6.07, 6.45) is 0.949. The van der Waals surface area contributed by atoms with E-state index in [0.717, 1.165) is 24.0 Å². The van der Waals surface area contributed by atoms with Crippen molar-refractivity contribution in [3.8, 4) is 0 Å². The Morgan fingerprint density at radius 3 is 2.48 bits per heavy atom. The molecule has 1 atom stereocenters. The van der Waals surface area contributed by atoms with Crippen LogP contribution in [0.15, 0.2) is 53.0 Å². The normalized spacial score (nSPS) is 12.6. The molecule has 0 bridgehead atoms. The summed E-state index contributed by atoms with van der Waals surface area (Å²) in [5.74, 6) is 0. The van der Waals surface area contributed by atoms with E-state index in [9.17, 15) is 0 Å². The van der Waals surface area contributed by atoms with Crippen LogP contribution >= 0.6 is 15.9 Å². The topological polar surface area (TPSA) is 29.3 Å². The smallest absolute Gasteiger partial charge is 0.0318 e. The van der Waals surface area contributed by atoms with Crippen LogP contribution in [0.2, 0.25) is 0 Å². The summed E-state index contributed by atoms with van der Waals surface area (Å²) in [6.45, 7) is 4.11. The highest BCUT2D eigenvalue weighted by atomic mass is 79.9. The third kappa shape index (κ3) is 4.67. The number of benzene rings is 2.